The smallest absolute Gasteiger partial charge is 0.374 e. The first kappa shape index (κ1) is 25.9. The van der Waals surface area contributed by atoms with Gasteiger partial charge in [0.15, 0.2) is 5.65 Å². The highest BCUT2D eigenvalue weighted by atomic mass is 35.5. The van der Waals surface area contributed by atoms with E-state index in [-0.39, 0.29) is 29.7 Å². The van der Waals surface area contributed by atoms with Crippen molar-refractivity contribution in [2.75, 3.05) is 18.1 Å². The Kier molecular flexibility index (Phi) is 6.74. The van der Waals surface area contributed by atoms with E-state index in [1.54, 1.807) is 6.20 Å². The second-order valence-electron chi connectivity index (χ2n) is 11.9. The first-order valence-corrected chi connectivity index (χ1v) is 15.0. The van der Waals surface area contributed by atoms with Crippen LogP contribution in [0.2, 0.25) is 0 Å². The van der Waals surface area contributed by atoms with Gasteiger partial charge in [0.05, 0.1) is 24.4 Å². The molecule has 1 N–H and O–H groups in total. The summed E-state index contributed by atoms with van der Waals surface area (Å²) >= 11 is 6.48. The predicted molar refractivity (Wildman–Crippen MR) is 152 cm³/mol. The lowest BCUT2D eigenvalue weighted by molar-refractivity contribution is 0.0245. The van der Waals surface area contributed by atoms with E-state index in [4.69, 9.17) is 35.8 Å². The normalized spacial score (nSPS) is 29.5. The van der Waals surface area contributed by atoms with Crippen LogP contribution in [0.1, 0.15) is 82.9 Å². The van der Waals surface area contributed by atoms with Gasteiger partial charge in [0.2, 0.25) is 17.6 Å². The van der Waals surface area contributed by atoms with Crippen molar-refractivity contribution in [3.8, 4) is 11.6 Å². The standard InChI is InChI=1S/C28H35ClN8O3/c1-15-6-8-17(9-7-15)16(2)37-23-22(18-12-19(29)14-30-13-18)31-25(26-34-28(38)40-35-26)32-24(23)33-27(37)36-10-11-39-21-5-3-4-20(21)36/h13-18,20-21H,3-12H2,1-2H3,(H,34,35,38). The number of aromatic amines is 1. The van der Waals surface area contributed by atoms with E-state index in [0.717, 1.165) is 48.9 Å². The number of H-pyrrole nitrogens is 1. The summed E-state index contributed by atoms with van der Waals surface area (Å²) in [6.45, 7) is 6.14. The predicted octanol–water partition coefficient (Wildman–Crippen LogP) is 4.95. The lowest BCUT2D eigenvalue weighted by Crippen LogP contribution is -2.50. The summed E-state index contributed by atoms with van der Waals surface area (Å²) in [4.78, 5) is 36.3. The summed E-state index contributed by atoms with van der Waals surface area (Å²) in [6.07, 6.45) is 12.5. The minimum atomic E-state index is -0.655. The molecule has 4 aliphatic rings. The molecule has 3 fully saturated rings. The van der Waals surface area contributed by atoms with Gasteiger partial charge in [0.1, 0.15) is 5.52 Å². The average molecular weight is 567 g/mol. The maximum Gasteiger partial charge on any atom is 0.439 e. The van der Waals surface area contributed by atoms with Gasteiger partial charge >= 0.3 is 5.76 Å². The molecule has 3 aromatic rings. The van der Waals surface area contributed by atoms with Crippen molar-refractivity contribution in [1.82, 2.24) is 29.7 Å². The maximum absolute atomic E-state index is 11.8. The van der Waals surface area contributed by atoms with Crippen molar-refractivity contribution in [1.29, 1.82) is 0 Å². The van der Waals surface area contributed by atoms with Crippen LogP contribution in [-0.2, 0) is 4.74 Å². The summed E-state index contributed by atoms with van der Waals surface area (Å²) in [6, 6.07) is 0.487. The number of imidazole rings is 1. The first-order chi connectivity index (χ1) is 19.5. The second-order valence-corrected chi connectivity index (χ2v) is 12.4. The van der Waals surface area contributed by atoms with Gasteiger partial charge < -0.3 is 14.2 Å². The number of fused-ring (bicyclic) bond motifs is 2. The molecule has 0 bridgehead atoms. The summed E-state index contributed by atoms with van der Waals surface area (Å²) in [5.41, 5.74) is 2.26. The van der Waals surface area contributed by atoms with Crippen LogP contribution >= 0.6 is 11.6 Å². The molecule has 1 saturated heterocycles. The first-order valence-electron chi connectivity index (χ1n) is 14.6. The van der Waals surface area contributed by atoms with Crippen LogP contribution in [0.5, 0.6) is 0 Å². The van der Waals surface area contributed by atoms with Crippen LogP contribution in [0.3, 0.4) is 0 Å². The molecule has 0 radical (unpaired) electrons. The molecule has 5 heterocycles. The Morgan fingerprint density at radius 1 is 1.12 bits per heavy atom. The van der Waals surface area contributed by atoms with E-state index in [1.165, 1.54) is 25.7 Å². The van der Waals surface area contributed by atoms with Crippen molar-refractivity contribution in [2.24, 2.45) is 16.8 Å². The quantitative estimate of drug-likeness (QED) is 0.459. The number of nitrogens with one attached hydrogen (secondary N) is 1. The zero-order valence-corrected chi connectivity index (χ0v) is 23.7. The zero-order valence-electron chi connectivity index (χ0n) is 22.9. The van der Waals surface area contributed by atoms with Gasteiger partial charge in [-0.15, -0.1) is 0 Å². The van der Waals surface area contributed by atoms with Gasteiger partial charge in [-0.25, -0.2) is 14.8 Å². The molecule has 11 nitrogen and oxygen atoms in total. The number of ether oxygens (including phenoxy) is 1. The van der Waals surface area contributed by atoms with Crippen LogP contribution in [0.15, 0.2) is 25.5 Å². The third-order valence-electron chi connectivity index (χ3n) is 9.34. The highest BCUT2D eigenvalue weighted by Gasteiger charge is 2.40. The molecule has 212 valence electrons. The van der Waals surface area contributed by atoms with Crippen LogP contribution in [0.4, 0.5) is 5.95 Å². The van der Waals surface area contributed by atoms with Crippen molar-refractivity contribution >= 4 is 34.9 Å². The summed E-state index contributed by atoms with van der Waals surface area (Å²) < 4.78 is 13.4. The second kappa shape index (κ2) is 10.4. The Morgan fingerprint density at radius 2 is 1.98 bits per heavy atom. The summed E-state index contributed by atoms with van der Waals surface area (Å²) in [5, 5.41) is 4.54. The lowest BCUT2D eigenvalue weighted by Gasteiger charge is -2.40. The fourth-order valence-corrected chi connectivity index (χ4v) is 7.38. The maximum atomic E-state index is 11.8. The summed E-state index contributed by atoms with van der Waals surface area (Å²) in [7, 11) is 0. The number of aromatic nitrogens is 6. The number of allylic oxidation sites excluding steroid dienone is 1. The molecule has 0 spiro atoms. The Labute approximate surface area is 237 Å². The van der Waals surface area contributed by atoms with Crippen LogP contribution in [0, 0.1) is 11.8 Å². The Morgan fingerprint density at radius 3 is 2.75 bits per heavy atom. The van der Waals surface area contributed by atoms with Gasteiger partial charge in [-0.05, 0) is 57.3 Å². The number of nitrogens with zero attached hydrogens (tertiary/aromatic N) is 7. The molecular formula is C28H35ClN8O3. The average Bonchev–Trinajstić information content (AvgIpc) is 3.70. The van der Waals surface area contributed by atoms with E-state index >= 15 is 0 Å². The fourth-order valence-electron chi connectivity index (χ4n) is 7.16. The van der Waals surface area contributed by atoms with Crippen LogP contribution in [-0.4, -0.2) is 61.2 Å². The lowest BCUT2D eigenvalue weighted by atomic mass is 9.79. The van der Waals surface area contributed by atoms with E-state index in [1.807, 2.05) is 6.21 Å². The third kappa shape index (κ3) is 4.56. The van der Waals surface area contributed by atoms with Crippen molar-refractivity contribution in [3.05, 3.63) is 27.5 Å². The van der Waals surface area contributed by atoms with Gasteiger partial charge in [-0.3, -0.25) is 14.5 Å². The number of aliphatic imine (C=N–C) groups is 1. The molecule has 4 atom stereocenters. The monoisotopic (exact) mass is 566 g/mol. The van der Waals surface area contributed by atoms with E-state index in [0.29, 0.717) is 35.7 Å². The van der Waals surface area contributed by atoms with Crippen molar-refractivity contribution in [3.63, 3.8) is 0 Å². The van der Waals surface area contributed by atoms with Crippen molar-refractivity contribution in [2.45, 2.75) is 89.3 Å². The van der Waals surface area contributed by atoms with E-state index in [2.05, 4.69) is 38.4 Å². The Bertz CT molecular complexity index is 1520. The number of hydrogen-bond donors (Lipinski definition) is 1. The minimum Gasteiger partial charge on any atom is -0.374 e. The Balaban J connectivity index is 1.44. The van der Waals surface area contributed by atoms with E-state index in [9.17, 15) is 4.79 Å². The molecule has 0 amide bonds. The Hall–Kier alpha value is -3.05. The molecule has 2 saturated carbocycles. The molecule has 40 heavy (non-hydrogen) atoms. The number of anilines is 1. The number of hydrogen-bond acceptors (Lipinski definition) is 9. The molecule has 3 aromatic heterocycles. The number of halogens is 1. The largest absolute Gasteiger partial charge is 0.439 e. The highest BCUT2D eigenvalue weighted by molar-refractivity contribution is 6.29. The molecule has 4 unspecified atom stereocenters. The van der Waals surface area contributed by atoms with Gasteiger partial charge in [-0.2, -0.15) is 4.98 Å². The van der Waals surface area contributed by atoms with Gasteiger partial charge in [-0.1, -0.05) is 36.5 Å². The highest BCUT2D eigenvalue weighted by Crippen LogP contribution is 2.43. The topological polar surface area (TPSA) is 127 Å². The number of rotatable bonds is 5. The molecule has 0 aromatic carbocycles. The van der Waals surface area contributed by atoms with Crippen molar-refractivity contribution < 1.29 is 9.26 Å². The summed E-state index contributed by atoms with van der Waals surface area (Å²) in [5.74, 6) is 1.83. The number of morpholine rings is 1. The SMILES string of the molecule is CC1CCC(C(C)n2c(N3CCOC4CCCC43)nc3nc(-c4noc(=O)[nH]4)nc(C4C=NC=C(Cl)C4)c32)CC1. The van der Waals surface area contributed by atoms with E-state index < -0.39 is 5.76 Å². The molecule has 12 heteroatoms. The van der Waals surface area contributed by atoms with Crippen LogP contribution in [0.25, 0.3) is 22.8 Å². The van der Waals surface area contributed by atoms with Gasteiger partial charge in [0, 0.05) is 36.0 Å². The minimum absolute atomic E-state index is 0.175. The fraction of sp³-hybridized carbons (Fsp3) is 0.643. The van der Waals surface area contributed by atoms with Crippen LogP contribution < -0.4 is 10.7 Å². The molecule has 7 rings (SSSR count). The zero-order chi connectivity index (χ0) is 27.4. The third-order valence-corrected chi connectivity index (χ3v) is 9.59. The molecule has 2 aliphatic carbocycles. The van der Waals surface area contributed by atoms with Gasteiger partial charge in [0.25, 0.3) is 0 Å². The molecule has 2 aliphatic heterocycles. The molecular weight excluding hydrogens is 532 g/mol.